The third-order valence-corrected chi connectivity index (χ3v) is 6.11. The minimum absolute atomic E-state index is 0.0565. The van der Waals surface area contributed by atoms with Crippen LogP contribution in [0.15, 0.2) is 4.99 Å². The van der Waals surface area contributed by atoms with E-state index in [2.05, 4.69) is 20.9 Å². The molecule has 0 bridgehead atoms. The number of hydrogen-bond acceptors (Lipinski definition) is 6. The lowest BCUT2D eigenvalue weighted by molar-refractivity contribution is -0.142. The first kappa shape index (κ1) is 31.1. The third-order valence-electron chi connectivity index (χ3n) is 6.11. The standard InChI is InChI=1S/C24H46N8O4/c1-6-28-21(34)18-10-8-12-32(18)23(36)16(9-7-11-29-24(26)27)30-20(33)17(13-14(2)3)31-22(35)19(25)15(4)5/h14-19H,6-13,25H2,1-5H3,(H,28,34)(H,30,33)(H,31,35)(H4,26,27,29)/t16-,17-,18-,19+/m0/s1. The summed E-state index contributed by atoms with van der Waals surface area (Å²) in [6.45, 7) is 10.5. The quantitative estimate of drug-likeness (QED) is 0.0994. The van der Waals surface area contributed by atoms with E-state index in [9.17, 15) is 19.2 Å². The lowest BCUT2D eigenvalue weighted by Crippen LogP contribution is -2.58. The van der Waals surface area contributed by atoms with E-state index in [1.54, 1.807) is 0 Å². The van der Waals surface area contributed by atoms with Gasteiger partial charge in [0, 0.05) is 19.6 Å². The molecule has 0 unspecified atom stereocenters. The Balaban J connectivity index is 3.08. The number of carbonyl (C=O) groups excluding carboxylic acids is 4. The zero-order chi connectivity index (χ0) is 27.4. The maximum atomic E-state index is 13.5. The van der Waals surface area contributed by atoms with Gasteiger partial charge in [-0.3, -0.25) is 24.2 Å². The molecule has 12 heteroatoms. The van der Waals surface area contributed by atoms with Crippen LogP contribution in [-0.2, 0) is 19.2 Å². The summed E-state index contributed by atoms with van der Waals surface area (Å²) in [5.74, 6) is -1.48. The highest BCUT2D eigenvalue weighted by atomic mass is 16.2. The normalized spacial score (nSPS) is 17.9. The number of aliphatic imine (C=N–C) groups is 1. The average Bonchev–Trinajstić information content (AvgIpc) is 3.29. The Labute approximate surface area is 214 Å². The number of guanidine groups is 1. The predicted molar refractivity (Wildman–Crippen MR) is 139 cm³/mol. The molecule has 1 rings (SSSR count). The number of rotatable bonds is 14. The molecule has 0 radical (unpaired) electrons. The molecule has 12 nitrogen and oxygen atoms in total. The first-order valence-corrected chi connectivity index (χ1v) is 12.9. The van der Waals surface area contributed by atoms with Crippen LogP contribution in [0.1, 0.15) is 66.7 Å². The van der Waals surface area contributed by atoms with Crippen LogP contribution in [0, 0.1) is 11.8 Å². The molecule has 9 N–H and O–H groups in total. The van der Waals surface area contributed by atoms with Crippen molar-refractivity contribution in [1.29, 1.82) is 0 Å². The van der Waals surface area contributed by atoms with E-state index in [4.69, 9.17) is 17.2 Å². The number of amides is 4. The summed E-state index contributed by atoms with van der Waals surface area (Å²) in [5, 5.41) is 8.35. The van der Waals surface area contributed by atoms with Crippen LogP contribution in [0.3, 0.4) is 0 Å². The summed E-state index contributed by atoms with van der Waals surface area (Å²) in [5.41, 5.74) is 16.8. The van der Waals surface area contributed by atoms with E-state index in [0.717, 1.165) is 0 Å². The summed E-state index contributed by atoms with van der Waals surface area (Å²) in [6.07, 6.45) is 2.34. The molecule has 0 saturated carbocycles. The van der Waals surface area contributed by atoms with Gasteiger partial charge in [-0.05, 0) is 50.9 Å². The molecule has 4 amide bonds. The second-order valence-corrected chi connectivity index (χ2v) is 10.1. The first-order valence-electron chi connectivity index (χ1n) is 12.9. The smallest absolute Gasteiger partial charge is 0.245 e. The van der Waals surface area contributed by atoms with Crippen molar-refractivity contribution in [3.63, 3.8) is 0 Å². The average molecular weight is 511 g/mol. The predicted octanol–water partition coefficient (Wildman–Crippen LogP) is -0.834. The first-order chi connectivity index (χ1) is 16.9. The zero-order valence-corrected chi connectivity index (χ0v) is 22.4. The Bertz CT molecular complexity index is 782. The number of nitrogens with zero attached hydrogens (tertiary/aromatic N) is 2. The van der Waals surface area contributed by atoms with Gasteiger partial charge in [0.25, 0.3) is 0 Å². The number of likely N-dealkylation sites (N-methyl/N-ethyl adjacent to an activating group) is 1. The number of nitrogens with two attached hydrogens (primary N) is 3. The van der Waals surface area contributed by atoms with Gasteiger partial charge in [-0.25, -0.2) is 0 Å². The number of nitrogens with one attached hydrogen (secondary N) is 3. The van der Waals surface area contributed by atoms with Gasteiger partial charge in [0.1, 0.15) is 18.1 Å². The van der Waals surface area contributed by atoms with Crippen molar-refractivity contribution >= 4 is 29.6 Å². The fraction of sp³-hybridized carbons (Fsp3) is 0.792. The summed E-state index contributed by atoms with van der Waals surface area (Å²) < 4.78 is 0. The molecule has 36 heavy (non-hydrogen) atoms. The van der Waals surface area contributed by atoms with Crippen molar-refractivity contribution in [2.45, 2.75) is 90.9 Å². The molecule has 1 fully saturated rings. The Morgan fingerprint density at radius 1 is 1.03 bits per heavy atom. The van der Waals surface area contributed by atoms with Crippen LogP contribution < -0.4 is 33.2 Å². The number of likely N-dealkylation sites (tertiary alicyclic amines) is 1. The molecule has 0 aliphatic carbocycles. The Morgan fingerprint density at radius 3 is 2.22 bits per heavy atom. The molecule has 1 saturated heterocycles. The second-order valence-electron chi connectivity index (χ2n) is 10.1. The minimum atomic E-state index is -0.896. The summed E-state index contributed by atoms with van der Waals surface area (Å²) >= 11 is 0. The monoisotopic (exact) mass is 510 g/mol. The van der Waals surface area contributed by atoms with E-state index in [-0.39, 0.29) is 42.6 Å². The van der Waals surface area contributed by atoms with E-state index in [1.807, 2.05) is 34.6 Å². The van der Waals surface area contributed by atoms with Crippen LogP contribution in [0.2, 0.25) is 0 Å². The molecule has 206 valence electrons. The lowest BCUT2D eigenvalue weighted by Gasteiger charge is -2.30. The van der Waals surface area contributed by atoms with Gasteiger partial charge in [-0.1, -0.05) is 27.7 Å². The fourth-order valence-corrected chi connectivity index (χ4v) is 4.10. The van der Waals surface area contributed by atoms with E-state index >= 15 is 0 Å². The maximum Gasteiger partial charge on any atom is 0.245 e. The number of carbonyl (C=O) groups is 4. The third kappa shape index (κ3) is 10.00. The van der Waals surface area contributed by atoms with Crippen molar-refractivity contribution in [3.05, 3.63) is 0 Å². The van der Waals surface area contributed by atoms with Crippen LogP contribution in [0.4, 0.5) is 0 Å². The Morgan fingerprint density at radius 2 is 1.67 bits per heavy atom. The largest absolute Gasteiger partial charge is 0.370 e. The molecule has 0 spiro atoms. The molecule has 0 aromatic heterocycles. The Hall–Kier alpha value is -2.89. The van der Waals surface area contributed by atoms with Gasteiger partial charge in [0.2, 0.25) is 23.6 Å². The minimum Gasteiger partial charge on any atom is -0.370 e. The van der Waals surface area contributed by atoms with Gasteiger partial charge in [-0.2, -0.15) is 0 Å². The van der Waals surface area contributed by atoms with Crippen LogP contribution in [-0.4, -0.2) is 78.3 Å². The molecule has 1 aliphatic heterocycles. The molecular weight excluding hydrogens is 464 g/mol. The highest BCUT2D eigenvalue weighted by molar-refractivity contribution is 5.95. The van der Waals surface area contributed by atoms with Gasteiger partial charge in [-0.15, -0.1) is 0 Å². The highest BCUT2D eigenvalue weighted by Crippen LogP contribution is 2.20. The van der Waals surface area contributed by atoms with Gasteiger partial charge < -0.3 is 38.1 Å². The molecule has 1 aliphatic rings. The van der Waals surface area contributed by atoms with Crippen molar-refractivity contribution in [2.24, 2.45) is 34.0 Å². The lowest BCUT2D eigenvalue weighted by atomic mass is 9.99. The van der Waals surface area contributed by atoms with Crippen LogP contribution in [0.25, 0.3) is 0 Å². The topological polar surface area (TPSA) is 198 Å². The van der Waals surface area contributed by atoms with E-state index in [0.29, 0.717) is 38.8 Å². The molecule has 4 atom stereocenters. The zero-order valence-electron chi connectivity index (χ0n) is 22.4. The Kier molecular flexibility index (Phi) is 13.2. The fourth-order valence-electron chi connectivity index (χ4n) is 4.10. The SMILES string of the molecule is CCNC(=O)[C@@H]1CCCN1C(=O)[C@H](CCCN=C(N)N)NC(=O)[C@H](CC(C)C)NC(=O)[C@H](N)C(C)C. The number of hydrogen-bond donors (Lipinski definition) is 6. The summed E-state index contributed by atoms with van der Waals surface area (Å²) in [4.78, 5) is 57.4. The van der Waals surface area contributed by atoms with Gasteiger partial charge >= 0.3 is 0 Å². The van der Waals surface area contributed by atoms with Crippen molar-refractivity contribution in [3.8, 4) is 0 Å². The van der Waals surface area contributed by atoms with Crippen LogP contribution >= 0.6 is 0 Å². The van der Waals surface area contributed by atoms with Crippen molar-refractivity contribution in [2.75, 3.05) is 19.6 Å². The maximum absolute atomic E-state index is 13.5. The molecular formula is C24H46N8O4. The van der Waals surface area contributed by atoms with Crippen molar-refractivity contribution < 1.29 is 19.2 Å². The second kappa shape index (κ2) is 15.3. The molecule has 0 aromatic carbocycles. The van der Waals surface area contributed by atoms with E-state index in [1.165, 1.54) is 4.90 Å². The highest BCUT2D eigenvalue weighted by Gasteiger charge is 2.38. The summed E-state index contributed by atoms with van der Waals surface area (Å²) in [7, 11) is 0. The van der Waals surface area contributed by atoms with E-state index < -0.39 is 36.0 Å². The van der Waals surface area contributed by atoms with Gasteiger partial charge in [0.15, 0.2) is 5.96 Å². The summed E-state index contributed by atoms with van der Waals surface area (Å²) in [6, 6.07) is -3.09. The van der Waals surface area contributed by atoms with Crippen molar-refractivity contribution in [1.82, 2.24) is 20.9 Å². The molecule has 1 heterocycles. The van der Waals surface area contributed by atoms with Gasteiger partial charge in [0.05, 0.1) is 6.04 Å². The van der Waals surface area contributed by atoms with Crippen LogP contribution in [0.5, 0.6) is 0 Å². The molecule has 0 aromatic rings.